The number of hydrogen-bond acceptors (Lipinski definition) is 4. The number of aromatic nitrogens is 1. The van der Waals surface area contributed by atoms with E-state index >= 15 is 0 Å². The molecule has 21 heavy (non-hydrogen) atoms. The summed E-state index contributed by atoms with van der Waals surface area (Å²) in [7, 11) is 0. The van der Waals surface area contributed by atoms with Crippen molar-refractivity contribution in [3.63, 3.8) is 0 Å². The third-order valence-electron chi connectivity index (χ3n) is 3.50. The summed E-state index contributed by atoms with van der Waals surface area (Å²) >= 11 is 0. The van der Waals surface area contributed by atoms with E-state index in [2.05, 4.69) is 15.6 Å². The van der Waals surface area contributed by atoms with Gasteiger partial charge in [-0.15, -0.1) is 0 Å². The van der Waals surface area contributed by atoms with Crippen molar-refractivity contribution in [2.75, 3.05) is 18.4 Å². The zero-order chi connectivity index (χ0) is 14.7. The van der Waals surface area contributed by atoms with Crippen molar-refractivity contribution < 1.29 is 13.6 Å². The Morgan fingerprint density at radius 1 is 1.38 bits per heavy atom. The van der Waals surface area contributed by atoms with Crippen molar-refractivity contribution in [1.82, 2.24) is 10.3 Å². The Balaban J connectivity index is 1.67. The van der Waals surface area contributed by atoms with Crippen LogP contribution in [-0.2, 0) is 0 Å². The lowest BCUT2D eigenvalue weighted by Gasteiger charge is -2.19. The number of piperidine rings is 1. The van der Waals surface area contributed by atoms with Gasteiger partial charge in [0.15, 0.2) is 11.6 Å². The number of nitrogens with zero attached hydrogens (tertiary/aromatic N) is 1. The van der Waals surface area contributed by atoms with Crippen molar-refractivity contribution in [2.24, 2.45) is 0 Å². The molecule has 0 saturated carbocycles. The second-order valence-electron chi connectivity index (χ2n) is 5.08. The van der Waals surface area contributed by atoms with Crippen molar-refractivity contribution in [3.05, 3.63) is 47.9 Å². The molecule has 1 aromatic carbocycles. The summed E-state index contributed by atoms with van der Waals surface area (Å²) in [5.74, 6) is 0.0967. The van der Waals surface area contributed by atoms with Gasteiger partial charge in [0.05, 0.1) is 0 Å². The molecule has 2 N–H and O–H groups in total. The van der Waals surface area contributed by atoms with Gasteiger partial charge in [0, 0.05) is 18.2 Å². The molecule has 1 fully saturated rings. The van der Waals surface area contributed by atoms with E-state index in [-0.39, 0.29) is 23.3 Å². The van der Waals surface area contributed by atoms with Crippen LogP contribution in [0, 0.1) is 5.82 Å². The summed E-state index contributed by atoms with van der Waals surface area (Å²) in [6.45, 7) is 1.83. The molecule has 1 aliphatic rings. The van der Waals surface area contributed by atoms with Crippen LogP contribution in [0.4, 0.5) is 10.1 Å². The van der Waals surface area contributed by atoms with Gasteiger partial charge in [-0.1, -0.05) is 0 Å². The molecule has 2 aromatic rings. The lowest BCUT2D eigenvalue weighted by molar-refractivity contribution is 0.102. The van der Waals surface area contributed by atoms with E-state index in [4.69, 9.17) is 4.42 Å². The first-order valence-corrected chi connectivity index (χ1v) is 6.95. The van der Waals surface area contributed by atoms with E-state index in [9.17, 15) is 9.18 Å². The van der Waals surface area contributed by atoms with Crippen LogP contribution in [-0.4, -0.2) is 24.0 Å². The van der Waals surface area contributed by atoms with Crippen LogP contribution in [0.2, 0.25) is 0 Å². The lowest BCUT2D eigenvalue weighted by Crippen LogP contribution is -2.28. The van der Waals surface area contributed by atoms with Gasteiger partial charge in [0.2, 0.25) is 0 Å². The fraction of sp³-hybridized carbons (Fsp3) is 0.333. The molecular formula is C15H16FN3O2. The minimum absolute atomic E-state index is 0.214. The number of anilines is 1. The average molecular weight is 289 g/mol. The summed E-state index contributed by atoms with van der Waals surface area (Å²) < 4.78 is 18.2. The maximum Gasteiger partial charge on any atom is 0.277 e. The molecule has 1 atom stereocenters. The topological polar surface area (TPSA) is 67.2 Å². The monoisotopic (exact) mass is 289 g/mol. The summed E-state index contributed by atoms with van der Waals surface area (Å²) in [5, 5.41) is 5.94. The van der Waals surface area contributed by atoms with Gasteiger partial charge in [-0.3, -0.25) is 4.79 Å². The molecule has 0 spiro atoms. The molecule has 1 aromatic heterocycles. The largest absolute Gasteiger partial charge is 0.448 e. The molecule has 0 aliphatic carbocycles. The first kappa shape index (κ1) is 13.8. The van der Waals surface area contributed by atoms with Crippen LogP contribution in [0.1, 0.15) is 35.1 Å². The van der Waals surface area contributed by atoms with E-state index in [1.807, 2.05) is 0 Å². The van der Waals surface area contributed by atoms with Gasteiger partial charge in [-0.25, -0.2) is 9.37 Å². The fourth-order valence-corrected chi connectivity index (χ4v) is 2.37. The summed E-state index contributed by atoms with van der Waals surface area (Å²) in [6.07, 6.45) is 3.44. The molecule has 6 heteroatoms. The Bertz CT molecular complexity index is 618. The van der Waals surface area contributed by atoms with Crippen LogP contribution in [0.3, 0.4) is 0 Å². The predicted octanol–water partition coefficient (Wildman–Crippen LogP) is 2.53. The molecule has 1 saturated heterocycles. The van der Waals surface area contributed by atoms with Crippen molar-refractivity contribution in [3.8, 4) is 0 Å². The number of hydrogen-bond donors (Lipinski definition) is 2. The maximum absolute atomic E-state index is 12.8. The normalized spacial score (nSPS) is 18.4. The second-order valence-corrected chi connectivity index (χ2v) is 5.08. The first-order valence-electron chi connectivity index (χ1n) is 6.95. The molecule has 110 valence electrons. The Morgan fingerprint density at radius 2 is 2.19 bits per heavy atom. The number of nitrogens with one attached hydrogen (secondary N) is 2. The van der Waals surface area contributed by atoms with Gasteiger partial charge in [-0.2, -0.15) is 0 Å². The number of carbonyl (C=O) groups excluding carboxylic acids is 1. The number of carbonyl (C=O) groups is 1. The molecule has 0 radical (unpaired) electrons. The van der Waals surface area contributed by atoms with Crippen LogP contribution in [0.15, 0.2) is 34.9 Å². The number of amides is 1. The van der Waals surface area contributed by atoms with Crippen LogP contribution >= 0.6 is 0 Å². The third kappa shape index (κ3) is 3.28. The highest BCUT2D eigenvalue weighted by Gasteiger charge is 2.22. The van der Waals surface area contributed by atoms with Crippen molar-refractivity contribution in [1.29, 1.82) is 0 Å². The number of halogens is 1. The summed E-state index contributed by atoms with van der Waals surface area (Å²) in [6, 6.07) is 5.58. The van der Waals surface area contributed by atoms with Gasteiger partial charge in [-0.05, 0) is 43.7 Å². The predicted molar refractivity (Wildman–Crippen MR) is 75.7 cm³/mol. The molecule has 0 bridgehead atoms. The molecule has 1 amide bonds. The highest BCUT2D eigenvalue weighted by molar-refractivity contribution is 6.02. The van der Waals surface area contributed by atoms with Crippen LogP contribution in [0.5, 0.6) is 0 Å². The highest BCUT2D eigenvalue weighted by Crippen LogP contribution is 2.22. The quantitative estimate of drug-likeness (QED) is 0.911. The highest BCUT2D eigenvalue weighted by atomic mass is 19.1. The minimum atomic E-state index is -0.361. The number of benzene rings is 1. The van der Waals surface area contributed by atoms with Gasteiger partial charge in [0.1, 0.15) is 12.1 Å². The Hall–Kier alpha value is -2.21. The molecule has 2 heterocycles. The second kappa shape index (κ2) is 6.05. The maximum atomic E-state index is 12.8. The van der Waals surface area contributed by atoms with Crippen LogP contribution in [0.25, 0.3) is 0 Å². The summed E-state index contributed by atoms with van der Waals surface area (Å²) in [4.78, 5) is 16.3. The Morgan fingerprint density at radius 3 is 2.90 bits per heavy atom. The molecule has 5 nitrogen and oxygen atoms in total. The van der Waals surface area contributed by atoms with Crippen molar-refractivity contribution >= 4 is 11.6 Å². The minimum Gasteiger partial charge on any atom is -0.448 e. The average Bonchev–Trinajstić information content (AvgIpc) is 3.00. The number of rotatable bonds is 3. The van der Waals surface area contributed by atoms with Gasteiger partial charge < -0.3 is 15.1 Å². The fourth-order valence-electron chi connectivity index (χ4n) is 2.37. The first-order chi connectivity index (χ1) is 10.2. The standard InChI is InChI=1S/C15H16FN3O2/c16-11-3-5-12(6-4-11)18-14(20)13-9-21-15(19-13)10-2-1-7-17-8-10/h3-6,9-10,17H,1-2,7-8H2,(H,18,20). The van der Waals surface area contributed by atoms with E-state index < -0.39 is 0 Å². The zero-order valence-electron chi connectivity index (χ0n) is 11.4. The van der Waals surface area contributed by atoms with Gasteiger partial charge in [0.25, 0.3) is 5.91 Å². The zero-order valence-corrected chi connectivity index (χ0v) is 11.4. The van der Waals surface area contributed by atoms with Crippen molar-refractivity contribution in [2.45, 2.75) is 18.8 Å². The third-order valence-corrected chi connectivity index (χ3v) is 3.50. The Labute approximate surface area is 121 Å². The smallest absolute Gasteiger partial charge is 0.277 e. The lowest BCUT2D eigenvalue weighted by atomic mass is 10.00. The molecule has 1 aliphatic heterocycles. The molecule has 3 rings (SSSR count). The van der Waals surface area contributed by atoms with E-state index in [0.29, 0.717) is 11.6 Å². The van der Waals surface area contributed by atoms with E-state index in [1.165, 1.54) is 30.5 Å². The SMILES string of the molecule is O=C(Nc1ccc(F)cc1)c1coc(C2CCCNC2)n1. The number of oxazole rings is 1. The Kier molecular flexibility index (Phi) is 3.96. The van der Waals surface area contributed by atoms with E-state index in [1.54, 1.807) is 0 Å². The van der Waals surface area contributed by atoms with Crippen LogP contribution < -0.4 is 10.6 Å². The molecule has 1 unspecified atom stereocenters. The van der Waals surface area contributed by atoms with Gasteiger partial charge >= 0.3 is 0 Å². The van der Waals surface area contributed by atoms with E-state index in [0.717, 1.165) is 25.9 Å². The molecular weight excluding hydrogens is 273 g/mol. The summed E-state index contributed by atoms with van der Waals surface area (Å²) in [5.41, 5.74) is 0.755.